The Kier molecular flexibility index (Phi) is 2.68. The van der Waals surface area contributed by atoms with E-state index in [2.05, 4.69) is 22.2 Å². The van der Waals surface area contributed by atoms with Gasteiger partial charge in [-0.05, 0) is 36.8 Å². The molecule has 3 rings (SSSR count). The molecule has 0 aliphatic rings. The van der Waals surface area contributed by atoms with Crippen LogP contribution in [0.5, 0.6) is 0 Å². The summed E-state index contributed by atoms with van der Waals surface area (Å²) in [7, 11) is 0. The number of hydrogen-bond acceptors (Lipinski definition) is 2. The van der Waals surface area contributed by atoms with Gasteiger partial charge in [-0.1, -0.05) is 17.7 Å². The number of aromatic nitrogens is 2. The molecule has 2 heterocycles. The molecular weight excluding hydrogens is 246 g/mol. The molecule has 0 amide bonds. The van der Waals surface area contributed by atoms with Gasteiger partial charge in [-0.2, -0.15) is 0 Å². The molecule has 0 radical (unpaired) electrons. The minimum Gasteiger partial charge on any atom is -0.358 e. The van der Waals surface area contributed by atoms with Crippen LogP contribution in [0, 0.1) is 6.92 Å². The van der Waals surface area contributed by atoms with Gasteiger partial charge in [0.2, 0.25) is 0 Å². The number of H-pyrrole nitrogens is 1. The van der Waals surface area contributed by atoms with Crippen molar-refractivity contribution in [3.63, 3.8) is 0 Å². The fourth-order valence-corrected chi connectivity index (χ4v) is 2.18. The highest BCUT2D eigenvalue weighted by molar-refractivity contribution is 6.30. The molecule has 18 heavy (non-hydrogen) atoms. The molecule has 90 valence electrons. The molecule has 0 atom stereocenters. The maximum absolute atomic E-state index is 5.97. The Morgan fingerprint density at radius 3 is 3.00 bits per heavy atom. The summed E-state index contributed by atoms with van der Waals surface area (Å²) in [4.78, 5) is 7.59. The van der Waals surface area contributed by atoms with Crippen molar-refractivity contribution in [3.05, 3.63) is 53.3 Å². The molecule has 2 aromatic heterocycles. The molecule has 0 unspecified atom stereocenters. The number of aromatic amines is 1. The average molecular weight is 258 g/mol. The smallest absolute Gasteiger partial charge is 0.154 e. The topological polar surface area (TPSA) is 40.7 Å². The largest absolute Gasteiger partial charge is 0.358 e. The molecule has 0 fully saturated rings. The van der Waals surface area contributed by atoms with Crippen LogP contribution in [0.25, 0.3) is 10.9 Å². The van der Waals surface area contributed by atoms with Crippen LogP contribution >= 0.6 is 11.6 Å². The summed E-state index contributed by atoms with van der Waals surface area (Å²) < 4.78 is 0. The molecule has 0 bridgehead atoms. The first-order chi connectivity index (χ1) is 8.74. The number of rotatable bonds is 2. The first-order valence-corrected chi connectivity index (χ1v) is 6.07. The summed E-state index contributed by atoms with van der Waals surface area (Å²) in [6.07, 6.45) is 3.78. The lowest BCUT2D eigenvalue weighted by Crippen LogP contribution is -1.94. The zero-order valence-corrected chi connectivity index (χ0v) is 10.6. The van der Waals surface area contributed by atoms with Crippen LogP contribution in [0.1, 0.15) is 5.56 Å². The van der Waals surface area contributed by atoms with Crippen LogP contribution in [0.2, 0.25) is 5.02 Å². The van der Waals surface area contributed by atoms with E-state index in [0.29, 0.717) is 5.02 Å². The third-order valence-corrected chi connectivity index (χ3v) is 3.13. The van der Waals surface area contributed by atoms with Crippen LogP contribution < -0.4 is 5.32 Å². The van der Waals surface area contributed by atoms with Crippen molar-refractivity contribution >= 4 is 34.0 Å². The summed E-state index contributed by atoms with van der Waals surface area (Å²) in [5, 5.41) is 5.15. The first-order valence-electron chi connectivity index (χ1n) is 5.69. The van der Waals surface area contributed by atoms with E-state index in [9.17, 15) is 0 Å². The van der Waals surface area contributed by atoms with E-state index in [1.54, 1.807) is 6.20 Å². The zero-order valence-electron chi connectivity index (χ0n) is 9.87. The van der Waals surface area contributed by atoms with E-state index in [1.165, 1.54) is 10.9 Å². The highest BCUT2D eigenvalue weighted by Gasteiger charge is 2.06. The second-order valence-electron chi connectivity index (χ2n) is 4.19. The lowest BCUT2D eigenvalue weighted by Gasteiger charge is -2.06. The molecule has 4 heteroatoms. The van der Waals surface area contributed by atoms with E-state index in [-0.39, 0.29) is 0 Å². The van der Waals surface area contributed by atoms with E-state index in [1.807, 2.05) is 36.5 Å². The van der Waals surface area contributed by atoms with Crippen LogP contribution in [0.3, 0.4) is 0 Å². The number of fused-ring (bicyclic) bond motifs is 1. The van der Waals surface area contributed by atoms with E-state index >= 15 is 0 Å². The van der Waals surface area contributed by atoms with Crippen molar-refractivity contribution in [2.75, 3.05) is 5.32 Å². The van der Waals surface area contributed by atoms with Crippen molar-refractivity contribution in [2.24, 2.45) is 0 Å². The Morgan fingerprint density at radius 2 is 2.17 bits per heavy atom. The summed E-state index contributed by atoms with van der Waals surface area (Å²) in [6.45, 7) is 2.07. The lowest BCUT2D eigenvalue weighted by molar-refractivity contribution is 1.32. The number of aryl methyl sites for hydroxylation is 1. The Hall–Kier alpha value is -2.00. The quantitative estimate of drug-likeness (QED) is 0.720. The maximum atomic E-state index is 5.97. The van der Waals surface area contributed by atoms with Crippen molar-refractivity contribution < 1.29 is 0 Å². The van der Waals surface area contributed by atoms with Crippen LogP contribution in [-0.4, -0.2) is 9.97 Å². The molecular formula is C14H12ClN3. The summed E-state index contributed by atoms with van der Waals surface area (Å²) in [5.41, 5.74) is 3.14. The van der Waals surface area contributed by atoms with Gasteiger partial charge in [0, 0.05) is 28.5 Å². The molecule has 0 saturated heterocycles. The van der Waals surface area contributed by atoms with Crippen molar-refractivity contribution in [1.82, 2.24) is 9.97 Å². The minimum absolute atomic E-state index is 0.704. The fraction of sp³-hybridized carbons (Fsp3) is 0.0714. The predicted molar refractivity (Wildman–Crippen MR) is 75.6 cm³/mol. The van der Waals surface area contributed by atoms with Crippen LogP contribution in [0.15, 0.2) is 42.7 Å². The van der Waals surface area contributed by atoms with Gasteiger partial charge in [0.15, 0.2) is 5.82 Å². The van der Waals surface area contributed by atoms with Gasteiger partial charge < -0.3 is 10.3 Å². The van der Waals surface area contributed by atoms with Gasteiger partial charge >= 0.3 is 0 Å². The fourth-order valence-electron chi connectivity index (χ4n) is 1.99. The SMILES string of the molecule is Cc1c[nH]c2c(Nc3cccc(Cl)c3)nccc12. The summed E-state index contributed by atoms with van der Waals surface area (Å²) in [6, 6.07) is 9.59. The van der Waals surface area contributed by atoms with Crippen molar-refractivity contribution in [3.8, 4) is 0 Å². The Labute approximate surface area is 110 Å². The maximum Gasteiger partial charge on any atom is 0.154 e. The van der Waals surface area contributed by atoms with E-state index in [0.717, 1.165) is 17.0 Å². The molecule has 0 saturated carbocycles. The van der Waals surface area contributed by atoms with Gasteiger partial charge in [-0.3, -0.25) is 0 Å². The van der Waals surface area contributed by atoms with Gasteiger partial charge in [0.1, 0.15) is 0 Å². The van der Waals surface area contributed by atoms with Gasteiger partial charge in [-0.15, -0.1) is 0 Å². The predicted octanol–water partition coefficient (Wildman–Crippen LogP) is 4.27. The second kappa shape index (κ2) is 4.35. The second-order valence-corrected chi connectivity index (χ2v) is 4.63. The Bertz CT molecular complexity index is 703. The van der Waals surface area contributed by atoms with Crippen molar-refractivity contribution in [2.45, 2.75) is 6.92 Å². The number of halogens is 1. The highest BCUT2D eigenvalue weighted by Crippen LogP contribution is 2.26. The normalized spacial score (nSPS) is 10.8. The molecule has 0 spiro atoms. The molecule has 2 N–H and O–H groups in total. The molecule has 3 nitrogen and oxygen atoms in total. The molecule has 1 aromatic carbocycles. The average Bonchev–Trinajstić information content (AvgIpc) is 2.73. The van der Waals surface area contributed by atoms with Gasteiger partial charge in [-0.25, -0.2) is 4.98 Å². The van der Waals surface area contributed by atoms with E-state index < -0.39 is 0 Å². The minimum atomic E-state index is 0.704. The monoisotopic (exact) mass is 257 g/mol. The number of benzene rings is 1. The number of pyridine rings is 1. The van der Waals surface area contributed by atoms with Gasteiger partial charge in [0.05, 0.1) is 5.52 Å². The summed E-state index contributed by atoms with van der Waals surface area (Å²) in [5.74, 6) is 0.808. The highest BCUT2D eigenvalue weighted by atomic mass is 35.5. The zero-order chi connectivity index (χ0) is 12.5. The molecule has 3 aromatic rings. The Balaban J connectivity index is 2.05. The number of nitrogens with zero attached hydrogens (tertiary/aromatic N) is 1. The van der Waals surface area contributed by atoms with Crippen LogP contribution in [0.4, 0.5) is 11.5 Å². The molecule has 0 aliphatic heterocycles. The summed E-state index contributed by atoms with van der Waals surface area (Å²) >= 11 is 5.97. The third kappa shape index (κ3) is 1.93. The number of nitrogens with one attached hydrogen (secondary N) is 2. The van der Waals surface area contributed by atoms with Crippen molar-refractivity contribution in [1.29, 1.82) is 0 Å². The standard InChI is InChI=1S/C14H12ClN3/c1-9-8-17-13-12(9)5-6-16-14(13)18-11-4-2-3-10(15)7-11/h2-8,17H,1H3,(H,16,18). The Morgan fingerprint density at radius 1 is 1.28 bits per heavy atom. The van der Waals surface area contributed by atoms with Gasteiger partial charge in [0.25, 0.3) is 0 Å². The molecule has 0 aliphatic carbocycles. The van der Waals surface area contributed by atoms with E-state index in [4.69, 9.17) is 11.6 Å². The third-order valence-electron chi connectivity index (χ3n) is 2.90. The number of hydrogen-bond donors (Lipinski definition) is 2. The lowest BCUT2D eigenvalue weighted by atomic mass is 10.2. The number of anilines is 2. The first kappa shape index (κ1) is 11.1. The van der Waals surface area contributed by atoms with Crippen LogP contribution in [-0.2, 0) is 0 Å².